The van der Waals surface area contributed by atoms with Crippen LogP contribution in [0.1, 0.15) is 0 Å². The molecule has 3 heteroatoms. The minimum absolute atomic E-state index is 1.16. The summed E-state index contributed by atoms with van der Waals surface area (Å²) in [6.07, 6.45) is 0. The van der Waals surface area contributed by atoms with E-state index in [1.807, 2.05) is 0 Å². The van der Waals surface area contributed by atoms with Gasteiger partial charge in [-0.3, -0.25) is 0 Å². The van der Waals surface area contributed by atoms with E-state index in [-0.39, 0.29) is 0 Å². The smallest absolute Gasteiger partial charge is 0.0547 e. The molecule has 49 heavy (non-hydrogen) atoms. The highest BCUT2D eigenvalue weighted by Gasteiger charge is 2.19. The SMILES string of the molecule is c1ccc(-n2c3ccccc3c3cc(-n4c5ccccc5c5c6cc7c8ccccc8n(-c8ccccc8)c7cc6ccc54)ccc32)cc1. The summed E-state index contributed by atoms with van der Waals surface area (Å²) in [6.45, 7) is 0. The van der Waals surface area contributed by atoms with Crippen LogP contribution in [0.5, 0.6) is 0 Å². The van der Waals surface area contributed by atoms with Crippen molar-refractivity contribution in [3.8, 4) is 17.1 Å². The zero-order valence-corrected chi connectivity index (χ0v) is 26.6. The number of benzene rings is 8. The van der Waals surface area contributed by atoms with E-state index in [1.165, 1.54) is 87.6 Å². The Kier molecular flexibility index (Phi) is 5.38. The van der Waals surface area contributed by atoms with Crippen LogP contribution in [0.4, 0.5) is 0 Å². The Bertz CT molecular complexity index is 3090. The first-order valence-electron chi connectivity index (χ1n) is 16.9. The van der Waals surface area contributed by atoms with Crippen LogP contribution in [0.3, 0.4) is 0 Å². The monoisotopic (exact) mass is 623 g/mol. The van der Waals surface area contributed by atoms with E-state index in [0.29, 0.717) is 0 Å². The second kappa shape index (κ2) is 9.96. The van der Waals surface area contributed by atoms with Crippen LogP contribution in [-0.4, -0.2) is 13.7 Å². The van der Waals surface area contributed by atoms with E-state index >= 15 is 0 Å². The molecule has 0 radical (unpaired) electrons. The number of aromatic nitrogens is 3. The minimum atomic E-state index is 1.16. The maximum absolute atomic E-state index is 2.45. The van der Waals surface area contributed by atoms with Crippen LogP contribution in [0, 0.1) is 0 Å². The fourth-order valence-electron chi connectivity index (χ4n) is 8.34. The Morgan fingerprint density at radius 1 is 0.245 bits per heavy atom. The molecule has 3 aromatic heterocycles. The third-order valence-electron chi connectivity index (χ3n) is 10.4. The van der Waals surface area contributed by atoms with Crippen molar-refractivity contribution < 1.29 is 0 Å². The molecule has 0 amide bonds. The fourth-order valence-corrected chi connectivity index (χ4v) is 8.34. The van der Waals surface area contributed by atoms with Gasteiger partial charge in [-0.25, -0.2) is 0 Å². The van der Waals surface area contributed by atoms with E-state index in [9.17, 15) is 0 Å². The molecule has 11 rings (SSSR count). The summed E-state index contributed by atoms with van der Waals surface area (Å²) in [4.78, 5) is 0. The van der Waals surface area contributed by atoms with Crippen molar-refractivity contribution in [3.63, 3.8) is 0 Å². The second-order valence-corrected chi connectivity index (χ2v) is 13.0. The number of rotatable bonds is 3. The molecule has 0 N–H and O–H groups in total. The lowest BCUT2D eigenvalue weighted by molar-refractivity contribution is 1.17. The lowest BCUT2D eigenvalue weighted by Gasteiger charge is -2.11. The summed E-state index contributed by atoms with van der Waals surface area (Å²) in [5.41, 5.74) is 10.8. The highest BCUT2D eigenvalue weighted by Crippen LogP contribution is 2.42. The first-order valence-corrected chi connectivity index (χ1v) is 16.9. The van der Waals surface area contributed by atoms with Gasteiger partial charge >= 0.3 is 0 Å². The van der Waals surface area contributed by atoms with Crippen molar-refractivity contribution in [2.75, 3.05) is 0 Å². The Labute approximate surface area is 282 Å². The second-order valence-electron chi connectivity index (χ2n) is 13.0. The molecule has 0 unspecified atom stereocenters. The fraction of sp³-hybridized carbons (Fsp3) is 0. The van der Waals surface area contributed by atoms with Gasteiger partial charge in [-0.15, -0.1) is 0 Å². The van der Waals surface area contributed by atoms with Crippen LogP contribution < -0.4 is 0 Å². The maximum atomic E-state index is 2.45. The largest absolute Gasteiger partial charge is 0.309 e. The molecule has 3 heterocycles. The predicted molar refractivity (Wildman–Crippen MR) is 207 cm³/mol. The topological polar surface area (TPSA) is 14.8 Å². The number of hydrogen-bond acceptors (Lipinski definition) is 0. The Hall–Kier alpha value is -6.58. The van der Waals surface area contributed by atoms with Crippen molar-refractivity contribution in [2.45, 2.75) is 0 Å². The van der Waals surface area contributed by atoms with Crippen LogP contribution >= 0.6 is 0 Å². The predicted octanol–water partition coefficient (Wildman–Crippen LogP) is 12.1. The average Bonchev–Trinajstić information content (AvgIpc) is 3.80. The zero-order valence-electron chi connectivity index (χ0n) is 26.6. The van der Waals surface area contributed by atoms with Crippen LogP contribution in [0.2, 0.25) is 0 Å². The third-order valence-corrected chi connectivity index (χ3v) is 10.4. The summed E-state index contributed by atoms with van der Waals surface area (Å²) in [6, 6.07) is 64.2. The van der Waals surface area contributed by atoms with Gasteiger partial charge in [0.15, 0.2) is 0 Å². The van der Waals surface area contributed by atoms with Crippen LogP contribution in [0.25, 0.3) is 93.3 Å². The Morgan fingerprint density at radius 2 is 0.714 bits per heavy atom. The molecule has 8 aromatic carbocycles. The Balaban J connectivity index is 1.22. The molecule has 228 valence electrons. The Morgan fingerprint density at radius 3 is 1.37 bits per heavy atom. The van der Waals surface area contributed by atoms with E-state index < -0.39 is 0 Å². The van der Waals surface area contributed by atoms with Gasteiger partial charge in [0.1, 0.15) is 0 Å². The summed E-state index contributed by atoms with van der Waals surface area (Å²) in [7, 11) is 0. The molecule has 0 bridgehead atoms. The van der Waals surface area contributed by atoms with Gasteiger partial charge in [0, 0.05) is 49.4 Å². The highest BCUT2D eigenvalue weighted by molar-refractivity contribution is 6.25. The van der Waals surface area contributed by atoms with Crippen molar-refractivity contribution >= 4 is 76.2 Å². The van der Waals surface area contributed by atoms with Gasteiger partial charge in [-0.1, -0.05) is 97.1 Å². The maximum Gasteiger partial charge on any atom is 0.0547 e. The summed E-state index contributed by atoms with van der Waals surface area (Å²) < 4.78 is 7.24. The molecule has 0 aliphatic heterocycles. The van der Waals surface area contributed by atoms with E-state index in [4.69, 9.17) is 0 Å². The molecular formula is C46H29N3. The van der Waals surface area contributed by atoms with Crippen molar-refractivity contribution in [1.29, 1.82) is 0 Å². The van der Waals surface area contributed by atoms with E-state index in [2.05, 4.69) is 190 Å². The number of hydrogen-bond donors (Lipinski definition) is 0. The molecule has 11 aromatic rings. The van der Waals surface area contributed by atoms with Crippen molar-refractivity contribution in [1.82, 2.24) is 13.7 Å². The van der Waals surface area contributed by atoms with Gasteiger partial charge < -0.3 is 13.7 Å². The number of para-hydroxylation sites is 5. The van der Waals surface area contributed by atoms with E-state index in [0.717, 1.165) is 5.69 Å². The molecule has 0 fully saturated rings. The standard InChI is InChI=1S/C46H29N3/c1-3-13-31(14-4-1)47-40-20-10-7-17-34(40)38-28-33(24-26-43(38)47)49-42-22-12-9-19-36(42)46-37-29-39-35-18-8-11-21-41(35)48(32-15-5-2-6-16-32)45(39)27-30(37)23-25-44(46)49/h1-29H. The molecule has 0 spiro atoms. The summed E-state index contributed by atoms with van der Waals surface area (Å²) in [5.74, 6) is 0. The number of nitrogens with zero attached hydrogens (tertiary/aromatic N) is 3. The molecule has 0 atom stereocenters. The lowest BCUT2D eigenvalue weighted by atomic mass is 10.0. The first-order chi connectivity index (χ1) is 24.3. The molecule has 0 aliphatic rings. The van der Waals surface area contributed by atoms with Gasteiger partial charge in [-0.2, -0.15) is 0 Å². The van der Waals surface area contributed by atoms with E-state index in [1.54, 1.807) is 0 Å². The van der Waals surface area contributed by atoms with Crippen LogP contribution in [0.15, 0.2) is 176 Å². The minimum Gasteiger partial charge on any atom is -0.309 e. The molecule has 0 saturated heterocycles. The quantitative estimate of drug-likeness (QED) is 0.186. The molecule has 0 aliphatic carbocycles. The van der Waals surface area contributed by atoms with Crippen molar-refractivity contribution in [2.24, 2.45) is 0 Å². The first kappa shape index (κ1) is 26.5. The lowest BCUT2D eigenvalue weighted by Crippen LogP contribution is -1.95. The van der Waals surface area contributed by atoms with Gasteiger partial charge in [0.25, 0.3) is 0 Å². The number of fused-ring (bicyclic) bond motifs is 11. The third kappa shape index (κ3) is 3.67. The average molecular weight is 624 g/mol. The molecular weight excluding hydrogens is 595 g/mol. The van der Waals surface area contributed by atoms with Gasteiger partial charge in [0.05, 0.1) is 33.1 Å². The van der Waals surface area contributed by atoms with Gasteiger partial charge in [-0.05, 0) is 89.6 Å². The molecule has 3 nitrogen and oxygen atoms in total. The summed E-state index contributed by atoms with van der Waals surface area (Å²) >= 11 is 0. The summed E-state index contributed by atoms with van der Waals surface area (Å²) in [5, 5.41) is 10.1. The highest BCUT2D eigenvalue weighted by atomic mass is 15.0. The van der Waals surface area contributed by atoms with Gasteiger partial charge in [0.2, 0.25) is 0 Å². The zero-order chi connectivity index (χ0) is 32.1. The van der Waals surface area contributed by atoms with Crippen molar-refractivity contribution in [3.05, 3.63) is 176 Å². The molecule has 0 saturated carbocycles. The van der Waals surface area contributed by atoms with Crippen LogP contribution in [-0.2, 0) is 0 Å². The normalized spacial score (nSPS) is 12.1.